The Balaban J connectivity index is 2.08. The van der Waals surface area contributed by atoms with Gasteiger partial charge in [-0.2, -0.15) is 0 Å². The fourth-order valence-electron chi connectivity index (χ4n) is 2.39. The second-order valence-corrected chi connectivity index (χ2v) is 4.77. The van der Waals surface area contributed by atoms with Gasteiger partial charge < -0.3 is 16.0 Å². The summed E-state index contributed by atoms with van der Waals surface area (Å²) in [6.45, 7) is 1.92. The first kappa shape index (κ1) is 12.8. The van der Waals surface area contributed by atoms with E-state index in [1.54, 1.807) is 18.3 Å². The number of rotatable bonds is 4. The van der Waals surface area contributed by atoms with Crippen LogP contribution in [0, 0.1) is 0 Å². The number of piperidine rings is 1. The van der Waals surface area contributed by atoms with Gasteiger partial charge in [0.25, 0.3) is 5.91 Å². The lowest BCUT2D eigenvalue weighted by atomic mass is 10.0. The number of hydrogen-bond donors (Lipinski definition) is 2. The van der Waals surface area contributed by atoms with Crippen LogP contribution in [0.15, 0.2) is 18.3 Å². The number of pyridine rings is 1. The quantitative estimate of drug-likeness (QED) is 0.825. The first-order chi connectivity index (χ1) is 8.68. The molecule has 0 bridgehead atoms. The molecule has 0 saturated carbocycles. The molecule has 3 N–H and O–H groups in total. The molecule has 0 spiro atoms. The molecule has 1 atom stereocenters. The molecular formula is C13H20N4O. The zero-order valence-corrected chi connectivity index (χ0v) is 10.7. The van der Waals surface area contributed by atoms with Crippen molar-refractivity contribution in [2.24, 2.45) is 5.73 Å². The Morgan fingerprint density at radius 2 is 2.44 bits per heavy atom. The standard InChI is InChI=1S/C13H20N4O/c1-17(9-10-5-2-3-7-15-10)13-11(12(14)18)6-4-8-16-13/h4,6,8,10,15H,2-3,5,7,9H2,1H3,(H2,14,18). The molecule has 5 nitrogen and oxygen atoms in total. The van der Waals surface area contributed by atoms with E-state index in [0.29, 0.717) is 17.4 Å². The Bertz CT molecular complexity index is 415. The normalized spacial score (nSPS) is 19.5. The van der Waals surface area contributed by atoms with Gasteiger partial charge in [0.1, 0.15) is 5.82 Å². The minimum atomic E-state index is -0.429. The molecule has 0 aliphatic carbocycles. The first-order valence-electron chi connectivity index (χ1n) is 6.38. The molecular weight excluding hydrogens is 228 g/mol. The van der Waals surface area contributed by atoms with Crippen LogP contribution < -0.4 is 16.0 Å². The molecule has 0 radical (unpaired) electrons. The Morgan fingerprint density at radius 3 is 3.11 bits per heavy atom. The molecule has 1 aliphatic heterocycles. The summed E-state index contributed by atoms with van der Waals surface area (Å²) in [7, 11) is 1.95. The molecule has 18 heavy (non-hydrogen) atoms. The largest absolute Gasteiger partial charge is 0.365 e. The van der Waals surface area contributed by atoms with Crippen LogP contribution in [0.3, 0.4) is 0 Å². The van der Waals surface area contributed by atoms with E-state index in [2.05, 4.69) is 10.3 Å². The van der Waals surface area contributed by atoms with Crippen LogP contribution in [0.5, 0.6) is 0 Å². The van der Waals surface area contributed by atoms with E-state index in [0.717, 1.165) is 13.1 Å². The number of anilines is 1. The van der Waals surface area contributed by atoms with Crippen molar-refractivity contribution >= 4 is 11.7 Å². The maximum absolute atomic E-state index is 11.4. The molecule has 5 heteroatoms. The average molecular weight is 248 g/mol. The highest BCUT2D eigenvalue weighted by molar-refractivity contribution is 5.97. The highest BCUT2D eigenvalue weighted by atomic mass is 16.1. The van der Waals surface area contributed by atoms with Gasteiger partial charge in [0, 0.05) is 25.8 Å². The van der Waals surface area contributed by atoms with Gasteiger partial charge in [0.2, 0.25) is 0 Å². The van der Waals surface area contributed by atoms with Crippen molar-refractivity contribution in [3.05, 3.63) is 23.9 Å². The van der Waals surface area contributed by atoms with E-state index in [1.165, 1.54) is 19.3 Å². The third-order valence-corrected chi connectivity index (χ3v) is 3.32. The van der Waals surface area contributed by atoms with Crippen LogP contribution in [0.25, 0.3) is 0 Å². The zero-order valence-electron chi connectivity index (χ0n) is 10.7. The summed E-state index contributed by atoms with van der Waals surface area (Å²) in [6, 6.07) is 3.91. The average Bonchev–Trinajstić information content (AvgIpc) is 2.40. The Labute approximate surface area is 107 Å². The topological polar surface area (TPSA) is 71.2 Å². The SMILES string of the molecule is CN(CC1CCCCN1)c1ncccc1C(N)=O. The number of nitrogens with two attached hydrogens (primary N) is 1. The van der Waals surface area contributed by atoms with Gasteiger partial charge in [-0.05, 0) is 31.5 Å². The van der Waals surface area contributed by atoms with Crippen molar-refractivity contribution in [3.8, 4) is 0 Å². The van der Waals surface area contributed by atoms with E-state index in [1.807, 2.05) is 11.9 Å². The predicted molar refractivity (Wildman–Crippen MR) is 71.7 cm³/mol. The van der Waals surface area contributed by atoms with E-state index in [-0.39, 0.29) is 0 Å². The molecule has 1 aliphatic rings. The molecule has 0 aromatic carbocycles. The molecule has 1 saturated heterocycles. The van der Waals surface area contributed by atoms with Crippen LogP contribution in [0.4, 0.5) is 5.82 Å². The van der Waals surface area contributed by atoms with Crippen molar-refractivity contribution in [3.63, 3.8) is 0 Å². The van der Waals surface area contributed by atoms with Gasteiger partial charge >= 0.3 is 0 Å². The van der Waals surface area contributed by atoms with Gasteiger partial charge in [-0.1, -0.05) is 6.42 Å². The number of amides is 1. The molecule has 1 aromatic rings. The maximum Gasteiger partial charge on any atom is 0.252 e. The van der Waals surface area contributed by atoms with Crippen molar-refractivity contribution in [2.45, 2.75) is 25.3 Å². The monoisotopic (exact) mass is 248 g/mol. The smallest absolute Gasteiger partial charge is 0.252 e. The first-order valence-corrected chi connectivity index (χ1v) is 6.38. The Hall–Kier alpha value is -1.62. The van der Waals surface area contributed by atoms with Gasteiger partial charge in [-0.15, -0.1) is 0 Å². The third-order valence-electron chi connectivity index (χ3n) is 3.32. The van der Waals surface area contributed by atoms with Gasteiger partial charge in [0.05, 0.1) is 5.56 Å². The number of nitrogens with zero attached hydrogens (tertiary/aromatic N) is 2. The summed E-state index contributed by atoms with van der Waals surface area (Å²) in [5.41, 5.74) is 5.85. The van der Waals surface area contributed by atoms with Crippen LogP contribution in [0.1, 0.15) is 29.6 Å². The number of primary amides is 1. The van der Waals surface area contributed by atoms with Crippen molar-refractivity contribution in [2.75, 3.05) is 25.0 Å². The summed E-state index contributed by atoms with van der Waals surface area (Å²) in [4.78, 5) is 17.6. The van der Waals surface area contributed by atoms with Crippen LogP contribution >= 0.6 is 0 Å². The van der Waals surface area contributed by atoms with E-state index in [4.69, 9.17) is 5.73 Å². The van der Waals surface area contributed by atoms with Crippen LogP contribution in [-0.4, -0.2) is 37.1 Å². The van der Waals surface area contributed by atoms with Gasteiger partial charge in [-0.3, -0.25) is 4.79 Å². The van der Waals surface area contributed by atoms with Gasteiger partial charge in [0.15, 0.2) is 0 Å². The van der Waals surface area contributed by atoms with E-state index < -0.39 is 5.91 Å². The fraction of sp³-hybridized carbons (Fsp3) is 0.538. The van der Waals surface area contributed by atoms with Crippen molar-refractivity contribution in [1.82, 2.24) is 10.3 Å². The minimum absolute atomic E-state index is 0.429. The number of carbonyl (C=O) groups is 1. The highest BCUT2D eigenvalue weighted by Gasteiger charge is 2.18. The minimum Gasteiger partial charge on any atom is -0.365 e. The molecule has 1 unspecified atom stereocenters. The molecule has 2 heterocycles. The van der Waals surface area contributed by atoms with Crippen molar-refractivity contribution in [1.29, 1.82) is 0 Å². The van der Waals surface area contributed by atoms with Gasteiger partial charge in [-0.25, -0.2) is 4.98 Å². The second-order valence-electron chi connectivity index (χ2n) is 4.77. The lowest BCUT2D eigenvalue weighted by Crippen LogP contribution is -2.43. The summed E-state index contributed by atoms with van der Waals surface area (Å²) >= 11 is 0. The predicted octanol–water partition coefficient (Wildman–Crippen LogP) is 0.759. The second kappa shape index (κ2) is 5.82. The highest BCUT2D eigenvalue weighted by Crippen LogP contribution is 2.17. The maximum atomic E-state index is 11.4. The number of aromatic nitrogens is 1. The number of nitrogens with one attached hydrogen (secondary N) is 1. The number of hydrogen-bond acceptors (Lipinski definition) is 4. The van der Waals surface area contributed by atoms with E-state index >= 15 is 0 Å². The fourth-order valence-corrected chi connectivity index (χ4v) is 2.39. The molecule has 1 fully saturated rings. The number of carbonyl (C=O) groups excluding carboxylic acids is 1. The van der Waals surface area contributed by atoms with E-state index in [9.17, 15) is 4.79 Å². The summed E-state index contributed by atoms with van der Waals surface area (Å²) in [6.07, 6.45) is 5.36. The molecule has 2 rings (SSSR count). The molecule has 1 amide bonds. The zero-order chi connectivity index (χ0) is 13.0. The Kier molecular flexibility index (Phi) is 4.15. The summed E-state index contributed by atoms with van der Waals surface area (Å²) in [5.74, 6) is 0.235. The molecule has 1 aromatic heterocycles. The number of likely N-dealkylation sites (N-methyl/N-ethyl adjacent to an activating group) is 1. The third kappa shape index (κ3) is 2.98. The summed E-state index contributed by atoms with van der Waals surface area (Å²) in [5, 5.41) is 3.48. The van der Waals surface area contributed by atoms with Crippen LogP contribution in [-0.2, 0) is 0 Å². The van der Waals surface area contributed by atoms with Crippen molar-refractivity contribution < 1.29 is 4.79 Å². The van der Waals surface area contributed by atoms with Crippen LogP contribution in [0.2, 0.25) is 0 Å². The lowest BCUT2D eigenvalue weighted by molar-refractivity contribution is 0.100. The lowest BCUT2D eigenvalue weighted by Gasteiger charge is -2.29. The summed E-state index contributed by atoms with van der Waals surface area (Å²) < 4.78 is 0. The Morgan fingerprint density at radius 1 is 1.61 bits per heavy atom. The molecule has 98 valence electrons.